The summed E-state index contributed by atoms with van der Waals surface area (Å²) < 4.78 is 22.3. The van der Waals surface area contributed by atoms with Crippen LogP contribution < -0.4 is 10.6 Å². The Bertz CT molecular complexity index is 570. The van der Waals surface area contributed by atoms with Gasteiger partial charge in [-0.3, -0.25) is 4.79 Å². The molecule has 1 atom stereocenters. The summed E-state index contributed by atoms with van der Waals surface area (Å²) in [5.41, 5.74) is 7.66. The molecule has 1 aromatic rings. The van der Waals surface area contributed by atoms with E-state index >= 15 is 0 Å². The predicted octanol–water partition coefficient (Wildman–Crippen LogP) is 1.11. The summed E-state index contributed by atoms with van der Waals surface area (Å²) in [5.74, 6) is -0.326. The van der Waals surface area contributed by atoms with Gasteiger partial charge in [0.05, 0.1) is 11.8 Å². The summed E-state index contributed by atoms with van der Waals surface area (Å²) in [5, 5.41) is 0. The van der Waals surface area contributed by atoms with E-state index in [9.17, 15) is 13.2 Å². The molecule has 0 aliphatic heterocycles. The zero-order valence-corrected chi connectivity index (χ0v) is 13.0. The van der Waals surface area contributed by atoms with E-state index in [1.54, 1.807) is 4.90 Å². The van der Waals surface area contributed by atoms with Crippen molar-refractivity contribution in [3.05, 3.63) is 29.8 Å². The number of nitrogens with two attached hydrogens (primary N) is 1. The van der Waals surface area contributed by atoms with Gasteiger partial charge in [-0.1, -0.05) is 12.1 Å². The lowest BCUT2D eigenvalue weighted by Gasteiger charge is -2.24. The van der Waals surface area contributed by atoms with Crippen molar-refractivity contribution < 1.29 is 13.2 Å². The first kappa shape index (κ1) is 16.7. The molecule has 0 aliphatic rings. The zero-order chi connectivity index (χ0) is 15.3. The first-order valence-electron chi connectivity index (χ1n) is 6.56. The van der Waals surface area contributed by atoms with Crippen LogP contribution in [0.15, 0.2) is 24.3 Å². The van der Waals surface area contributed by atoms with E-state index in [4.69, 9.17) is 5.73 Å². The van der Waals surface area contributed by atoms with Gasteiger partial charge in [-0.25, -0.2) is 8.42 Å². The first-order valence-corrected chi connectivity index (χ1v) is 8.62. The Hall–Kier alpha value is -1.40. The Morgan fingerprint density at radius 1 is 1.40 bits per heavy atom. The van der Waals surface area contributed by atoms with Crippen LogP contribution in [0.4, 0.5) is 5.69 Å². The van der Waals surface area contributed by atoms with E-state index < -0.39 is 15.9 Å². The van der Waals surface area contributed by atoms with Crippen molar-refractivity contribution in [3.8, 4) is 0 Å². The summed E-state index contributed by atoms with van der Waals surface area (Å²) in [4.78, 5) is 13.9. The molecule has 20 heavy (non-hydrogen) atoms. The van der Waals surface area contributed by atoms with Crippen LogP contribution in [-0.2, 0) is 14.6 Å². The highest BCUT2D eigenvalue weighted by molar-refractivity contribution is 7.90. The minimum atomic E-state index is -3.11. The number of hydrogen-bond donors (Lipinski definition) is 1. The van der Waals surface area contributed by atoms with E-state index in [0.717, 1.165) is 17.5 Å². The molecular formula is C14H22N2O3S. The van der Waals surface area contributed by atoms with Crippen molar-refractivity contribution in [2.75, 3.05) is 23.5 Å². The molecule has 5 nitrogen and oxygen atoms in total. The number of aryl methyl sites for hydroxylation is 1. The van der Waals surface area contributed by atoms with E-state index in [-0.39, 0.29) is 18.1 Å². The smallest absolute Gasteiger partial charge is 0.243 e. The topological polar surface area (TPSA) is 80.5 Å². The van der Waals surface area contributed by atoms with E-state index in [0.29, 0.717) is 6.54 Å². The van der Waals surface area contributed by atoms with Crippen LogP contribution >= 0.6 is 0 Å². The largest absolute Gasteiger partial charge is 0.320 e. The molecule has 0 heterocycles. The minimum Gasteiger partial charge on any atom is -0.320 e. The van der Waals surface area contributed by atoms with Gasteiger partial charge >= 0.3 is 0 Å². The highest BCUT2D eigenvalue weighted by Gasteiger charge is 2.22. The second kappa shape index (κ2) is 6.85. The summed E-state index contributed by atoms with van der Waals surface area (Å²) in [7, 11) is -3.11. The van der Waals surface area contributed by atoms with Crippen molar-refractivity contribution in [1.29, 1.82) is 0 Å². The molecule has 1 aromatic carbocycles. The molecular weight excluding hydrogens is 276 g/mol. The number of likely N-dealkylation sites (N-methyl/N-ethyl adjacent to an activating group) is 1. The normalized spacial score (nSPS) is 13.0. The second-order valence-electron chi connectivity index (χ2n) is 4.95. The fourth-order valence-corrected chi connectivity index (χ4v) is 2.61. The Kier molecular flexibility index (Phi) is 5.71. The molecule has 2 N–H and O–H groups in total. The molecule has 0 bridgehead atoms. The number of hydrogen-bond acceptors (Lipinski definition) is 4. The number of sulfone groups is 1. The van der Waals surface area contributed by atoms with Gasteiger partial charge < -0.3 is 10.6 Å². The zero-order valence-electron chi connectivity index (χ0n) is 12.2. The molecule has 0 spiro atoms. The lowest BCUT2D eigenvalue weighted by Crippen LogP contribution is -2.44. The van der Waals surface area contributed by atoms with Crippen LogP contribution in [0.2, 0.25) is 0 Å². The number of rotatable bonds is 6. The molecule has 1 unspecified atom stereocenters. The van der Waals surface area contributed by atoms with Crippen molar-refractivity contribution in [2.45, 2.75) is 26.3 Å². The Balaban J connectivity index is 2.82. The number of amides is 1. The first-order chi connectivity index (χ1) is 9.24. The van der Waals surface area contributed by atoms with Gasteiger partial charge in [0, 0.05) is 18.5 Å². The standard InChI is InChI=1S/C14H22N2O3S/c1-4-16(12-7-5-6-11(2)10-12)14(17)13(15)8-9-20(3,18)19/h5-7,10,13H,4,8-9,15H2,1-3H3. The van der Waals surface area contributed by atoms with Gasteiger partial charge in [0.25, 0.3) is 0 Å². The number of carbonyl (C=O) groups is 1. The highest BCUT2D eigenvalue weighted by Crippen LogP contribution is 2.17. The molecule has 0 saturated heterocycles. The van der Waals surface area contributed by atoms with Crippen LogP contribution in [0.5, 0.6) is 0 Å². The molecule has 0 aliphatic carbocycles. The van der Waals surface area contributed by atoms with Gasteiger partial charge in [0.1, 0.15) is 9.84 Å². The van der Waals surface area contributed by atoms with Crippen LogP contribution in [-0.4, -0.2) is 38.9 Å². The maximum Gasteiger partial charge on any atom is 0.243 e. The fourth-order valence-electron chi connectivity index (χ4n) is 1.93. The Morgan fingerprint density at radius 2 is 2.05 bits per heavy atom. The third-order valence-electron chi connectivity index (χ3n) is 3.01. The van der Waals surface area contributed by atoms with Gasteiger partial charge in [-0.15, -0.1) is 0 Å². The molecule has 0 aromatic heterocycles. The van der Waals surface area contributed by atoms with E-state index in [1.165, 1.54) is 0 Å². The predicted molar refractivity (Wildman–Crippen MR) is 81.5 cm³/mol. The molecule has 6 heteroatoms. The summed E-state index contributed by atoms with van der Waals surface area (Å²) >= 11 is 0. The summed E-state index contributed by atoms with van der Waals surface area (Å²) in [6, 6.07) is 6.78. The van der Waals surface area contributed by atoms with Gasteiger partial charge in [0.15, 0.2) is 0 Å². The number of carbonyl (C=O) groups excluding carboxylic acids is 1. The summed E-state index contributed by atoms with van der Waals surface area (Å²) in [6.07, 6.45) is 1.28. The fraction of sp³-hybridized carbons (Fsp3) is 0.500. The highest BCUT2D eigenvalue weighted by atomic mass is 32.2. The van der Waals surface area contributed by atoms with Gasteiger partial charge in [0.2, 0.25) is 5.91 Å². The molecule has 0 radical (unpaired) electrons. The van der Waals surface area contributed by atoms with Crippen LogP contribution in [0, 0.1) is 6.92 Å². The second-order valence-corrected chi connectivity index (χ2v) is 7.21. The Labute approximate surface area is 120 Å². The molecule has 0 saturated carbocycles. The van der Waals surface area contributed by atoms with Crippen LogP contribution in [0.25, 0.3) is 0 Å². The average molecular weight is 298 g/mol. The maximum atomic E-state index is 12.3. The Morgan fingerprint density at radius 3 is 2.55 bits per heavy atom. The average Bonchev–Trinajstić information content (AvgIpc) is 2.36. The van der Waals surface area contributed by atoms with Crippen molar-refractivity contribution >= 4 is 21.4 Å². The number of nitrogens with zero attached hydrogens (tertiary/aromatic N) is 1. The third-order valence-corrected chi connectivity index (χ3v) is 3.99. The van der Waals surface area contributed by atoms with Gasteiger partial charge in [-0.05, 0) is 38.0 Å². The van der Waals surface area contributed by atoms with E-state index in [2.05, 4.69) is 0 Å². The lowest BCUT2D eigenvalue weighted by atomic mass is 10.1. The molecule has 112 valence electrons. The minimum absolute atomic E-state index is 0.0781. The molecule has 0 fully saturated rings. The van der Waals surface area contributed by atoms with Crippen LogP contribution in [0.1, 0.15) is 18.9 Å². The lowest BCUT2D eigenvalue weighted by molar-refractivity contribution is -0.119. The quantitative estimate of drug-likeness (QED) is 0.853. The SMILES string of the molecule is CCN(C(=O)C(N)CCS(C)(=O)=O)c1cccc(C)c1. The van der Waals surface area contributed by atoms with Crippen LogP contribution in [0.3, 0.4) is 0 Å². The molecule has 1 amide bonds. The third kappa shape index (κ3) is 4.94. The molecule has 1 rings (SSSR count). The maximum absolute atomic E-state index is 12.3. The van der Waals surface area contributed by atoms with Crippen molar-refractivity contribution in [1.82, 2.24) is 0 Å². The summed E-state index contributed by atoms with van der Waals surface area (Å²) in [6.45, 7) is 4.31. The van der Waals surface area contributed by atoms with E-state index in [1.807, 2.05) is 38.1 Å². The van der Waals surface area contributed by atoms with Gasteiger partial charge in [-0.2, -0.15) is 0 Å². The monoisotopic (exact) mass is 298 g/mol. The number of benzene rings is 1. The number of anilines is 1. The van der Waals surface area contributed by atoms with Crippen molar-refractivity contribution in [3.63, 3.8) is 0 Å². The van der Waals surface area contributed by atoms with Crippen molar-refractivity contribution in [2.24, 2.45) is 5.73 Å².